The van der Waals surface area contributed by atoms with Crippen molar-refractivity contribution in [2.45, 2.75) is 6.92 Å². The Hall–Kier alpha value is -2.20. The van der Waals surface area contributed by atoms with Crippen LogP contribution < -0.4 is 14.8 Å². The van der Waals surface area contributed by atoms with Crippen molar-refractivity contribution in [2.24, 2.45) is 0 Å². The average Bonchev–Trinajstić information content (AvgIpc) is 2.46. The van der Waals surface area contributed by atoms with Crippen molar-refractivity contribution in [3.05, 3.63) is 53.6 Å². The van der Waals surface area contributed by atoms with E-state index >= 15 is 0 Å². The van der Waals surface area contributed by atoms with Gasteiger partial charge < -0.3 is 14.8 Å². The van der Waals surface area contributed by atoms with Crippen LogP contribution >= 0.6 is 11.6 Å². The van der Waals surface area contributed by atoms with Gasteiger partial charge in [0.1, 0.15) is 24.7 Å². The van der Waals surface area contributed by atoms with Crippen LogP contribution in [0, 0.1) is 0 Å². The SMILES string of the molecule is CC(=O)Nc1ccccc1OCCOc1ccc(Cl)cc1. The van der Waals surface area contributed by atoms with Crippen molar-refractivity contribution >= 4 is 23.2 Å². The molecule has 0 aliphatic heterocycles. The van der Waals surface area contributed by atoms with E-state index in [9.17, 15) is 4.79 Å². The van der Waals surface area contributed by atoms with Crippen LogP contribution in [0.5, 0.6) is 11.5 Å². The number of halogens is 1. The second-order valence-corrected chi connectivity index (χ2v) is 4.76. The van der Waals surface area contributed by atoms with Gasteiger partial charge in [0.15, 0.2) is 0 Å². The van der Waals surface area contributed by atoms with Gasteiger partial charge in [-0.25, -0.2) is 0 Å². The number of benzene rings is 2. The summed E-state index contributed by atoms with van der Waals surface area (Å²) in [6.45, 7) is 2.23. The maximum Gasteiger partial charge on any atom is 0.221 e. The fourth-order valence-electron chi connectivity index (χ4n) is 1.73. The van der Waals surface area contributed by atoms with Crippen molar-refractivity contribution in [3.8, 4) is 11.5 Å². The van der Waals surface area contributed by atoms with Gasteiger partial charge in [0, 0.05) is 11.9 Å². The van der Waals surface area contributed by atoms with Crippen LogP contribution in [0.3, 0.4) is 0 Å². The van der Waals surface area contributed by atoms with Crippen LogP contribution in [0.15, 0.2) is 48.5 Å². The summed E-state index contributed by atoms with van der Waals surface area (Å²) in [4.78, 5) is 11.1. The van der Waals surface area contributed by atoms with Gasteiger partial charge in [-0.1, -0.05) is 23.7 Å². The highest BCUT2D eigenvalue weighted by molar-refractivity contribution is 6.30. The predicted molar refractivity (Wildman–Crippen MR) is 83.2 cm³/mol. The quantitative estimate of drug-likeness (QED) is 0.827. The zero-order chi connectivity index (χ0) is 15.1. The number of ether oxygens (including phenoxy) is 2. The van der Waals surface area contributed by atoms with E-state index in [1.54, 1.807) is 36.4 Å². The zero-order valence-electron chi connectivity index (χ0n) is 11.6. The molecule has 2 aromatic carbocycles. The summed E-state index contributed by atoms with van der Waals surface area (Å²) in [6, 6.07) is 14.4. The molecule has 2 aromatic rings. The molecule has 0 heterocycles. The monoisotopic (exact) mass is 305 g/mol. The molecule has 0 radical (unpaired) electrons. The van der Waals surface area contributed by atoms with E-state index in [4.69, 9.17) is 21.1 Å². The third-order valence-corrected chi connectivity index (χ3v) is 2.87. The number of hydrogen-bond acceptors (Lipinski definition) is 3. The molecule has 21 heavy (non-hydrogen) atoms. The zero-order valence-corrected chi connectivity index (χ0v) is 12.4. The number of anilines is 1. The molecule has 0 atom stereocenters. The van der Waals surface area contributed by atoms with Crippen molar-refractivity contribution < 1.29 is 14.3 Å². The summed E-state index contributed by atoms with van der Waals surface area (Å²) < 4.78 is 11.2. The van der Waals surface area contributed by atoms with Crippen LogP contribution in [0.1, 0.15) is 6.92 Å². The number of para-hydroxylation sites is 2. The first-order valence-corrected chi connectivity index (χ1v) is 6.91. The Labute approximate surface area is 128 Å². The summed E-state index contributed by atoms with van der Waals surface area (Å²) >= 11 is 5.80. The minimum absolute atomic E-state index is 0.136. The molecule has 0 bridgehead atoms. The molecular formula is C16H16ClNO3. The fourth-order valence-corrected chi connectivity index (χ4v) is 1.85. The lowest BCUT2D eigenvalue weighted by Crippen LogP contribution is -2.12. The Kier molecular flexibility index (Phi) is 5.46. The molecule has 0 aliphatic carbocycles. The number of carbonyl (C=O) groups is 1. The Balaban J connectivity index is 1.83. The molecule has 110 valence electrons. The summed E-state index contributed by atoms with van der Waals surface area (Å²) in [5.41, 5.74) is 0.650. The first kappa shape index (κ1) is 15.2. The molecule has 5 heteroatoms. The molecule has 0 aromatic heterocycles. The van der Waals surface area contributed by atoms with Gasteiger partial charge in [-0.15, -0.1) is 0 Å². The third-order valence-electron chi connectivity index (χ3n) is 2.62. The second kappa shape index (κ2) is 7.55. The van der Waals surface area contributed by atoms with E-state index in [0.717, 1.165) is 5.75 Å². The van der Waals surface area contributed by atoms with E-state index in [2.05, 4.69) is 5.32 Å². The van der Waals surface area contributed by atoms with Crippen LogP contribution in [0.25, 0.3) is 0 Å². The largest absolute Gasteiger partial charge is 0.490 e. The molecule has 1 N–H and O–H groups in total. The molecule has 0 saturated carbocycles. The predicted octanol–water partition coefficient (Wildman–Crippen LogP) is 3.76. The van der Waals surface area contributed by atoms with Gasteiger partial charge in [-0.05, 0) is 36.4 Å². The molecule has 1 amide bonds. The van der Waals surface area contributed by atoms with Gasteiger partial charge in [0.25, 0.3) is 0 Å². The van der Waals surface area contributed by atoms with E-state index in [0.29, 0.717) is 29.7 Å². The van der Waals surface area contributed by atoms with Crippen molar-refractivity contribution in [1.82, 2.24) is 0 Å². The van der Waals surface area contributed by atoms with Crippen LogP contribution in [0.4, 0.5) is 5.69 Å². The maximum absolute atomic E-state index is 11.1. The maximum atomic E-state index is 11.1. The Morgan fingerprint density at radius 3 is 2.43 bits per heavy atom. The lowest BCUT2D eigenvalue weighted by molar-refractivity contribution is -0.114. The van der Waals surface area contributed by atoms with E-state index in [1.165, 1.54) is 6.92 Å². The molecule has 0 fully saturated rings. The van der Waals surface area contributed by atoms with Gasteiger partial charge in [-0.3, -0.25) is 4.79 Å². The number of rotatable bonds is 6. The first-order valence-electron chi connectivity index (χ1n) is 6.53. The lowest BCUT2D eigenvalue weighted by atomic mass is 10.3. The number of amides is 1. The summed E-state index contributed by atoms with van der Waals surface area (Å²) in [5.74, 6) is 1.22. The summed E-state index contributed by atoms with van der Waals surface area (Å²) in [6.07, 6.45) is 0. The van der Waals surface area contributed by atoms with Crippen LogP contribution in [-0.4, -0.2) is 19.1 Å². The highest BCUT2D eigenvalue weighted by Gasteiger charge is 2.04. The minimum atomic E-state index is -0.136. The number of hydrogen-bond donors (Lipinski definition) is 1. The fraction of sp³-hybridized carbons (Fsp3) is 0.188. The summed E-state index contributed by atoms with van der Waals surface area (Å²) in [5, 5.41) is 3.39. The topological polar surface area (TPSA) is 47.6 Å². The Bertz CT molecular complexity index is 599. The minimum Gasteiger partial charge on any atom is -0.490 e. The van der Waals surface area contributed by atoms with Crippen LogP contribution in [-0.2, 0) is 4.79 Å². The summed E-state index contributed by atoms with van der Waals surface area (Å²) in [7, 11) is 0. The van der Waals surface area contributed by atoms with Crippen LogP contribution in [0.2, 0.25) is 5.02 Å². The number of carbonyl (C=O) groups excluding carboxylic acids is 1. The van der Waals surface area contributed by atoms with Crippen molar-refractivity contribution in [2.75, 3.05) is 18.5 Å². The third kappa shape index (κ3) is 5.00. The smallest absolute Gasteiger partial charge is 0.221 e. The number of nitrogens with one attached hydrogen (secondary N) is 1. The van der Waals surface area contributed by atoms with E-state index in [-0.39, 0.29) is 5.91 Å². The average molecular weight is 306 g/mol. The molecule has 0 aliphatic rings. The molecule has 0 saturated heterocycles. The normalized spacial score (nSPS) is 10.0. The molecule has 2 rings (SSSR count). The first-order chi connectivity index (χ1) is 10.1. The Morgan fingerprint density at radius 2 is 1.71 bits per heavy atom. The van der Waals surface area contributed by atoms with Gasteiger partial charge in [0.2, 0.25) is 5.91 Å². The highest BCUT2D eigenvalue weighted by Crippen LogP contribution is 2.23. The van der Waals surface area contributed by atoms with Gasteiger partial charge >= 0.3 is 0 Å². The van der Waals surface area contributed by atoms with E-state index in [1.807, 2.05) is 12.1 Å². The highest BCUT2D eigenvalue weighted by atomic mass is 35.5. The lowest BCUT2D eigenvalue weighted by Gasteiger charge is -2.12. The van der Waals surface area contributed by atoms with E-state index < -0.39 is 0 Å². The van der Waals surface area contributed by atoms with Gasteiger partial charge in [0.05, 0.1) is 5.69 Å². The molecular weight excluding hydrogens is 290 g/mol. The molecule has 0 unspecified atom stereocenters. The molecule has 4 nitrogen and oxygen atoms in total. The molecule has 0 spiro atoms. The second-order valence-electron chi connectivity index (χ2n) is 4.33. The van der Waals surface area contributed by atoms with Crippen molar-refractivity contribution in [3.63, 3.8) is 0 Å². The van der Waals surface area contributed by atoms with Crippen molar-refractivity contribution in [1.29, 1.82) is 0 Å². The Morgan fingerprint density at radius 1 is 1.05 bits per heavy atom. The van der Waals surface area contributed by atoms with Gasteiger partial charge in [-0.2, -0.15) is 0 Å². The standard InChI is InChI=1S/C16H16ClNO3/c1-12(19)18-15-4-2-3-5-16(15)21-11-10-20-14-8-6-13(17)7-9-14/h2-9H,10-11H2,1H3,(H,18,19).